The van der Waals surface area contributed by atoms with Crippen molar-refractivity contribution in [1.82, 2.24) is 29.9 Å². The molecule has 9 heteroatoms. The van der Waals surface area contributed by atoms with Crippen LogP contribution in [0.25, 0.3) is 11.4 Å². The Morgan fingerprint density at radius 1 is 1.19 bits per heavy atom. The van der Waals surface area contributed by atoms with E-state index in [2.05, 4.69) is 21.4 Å². The van der Waals surface area contributed by atoms with Gasteiger partial charge in [-0.1, -0.05) is 18.2 Å². The average Bonchev–Trinajstić information content (AvgIpc) is 3.32. The minimum atomic E-state index is -0.491. The molecule has 3 aromatic rings. The van der Waals surface area contributed by atoms with Crippen LogP contribution < -0.4 is 0 Å². The second-order valence-electron chi connectivity index (χ2n) is 9.22. The van der Waals surface area contributed by atoms with Crippen molar-refractivity contribution in [2.75, 3.05) is 13.1 Å². The Balaban J connectivity index is 1.49. The average molecular weight is 439 g/mol. The lowest BCUT2D eigenvalue weighted by molar-refractivity contribution is 0.0185. The topological polar surface area (TPSA) is 99.2 Å². The van der Waals surface area contributed by atoms with Crippen molar-refractivity contribution in [3.05, 3.63) is 47.4 Å². The summed E-state index contributed by atoms with van der Waals surface area (Å²) in [5, 5.41) is 12.7. The van der Waals surface area contributed by atoms with Crippen molar-refractivity contribution in [2.24, 2.45) is 0 Å². The van der Waals surface area contributed by atoms with Gasteiger partial charge in [-0.3, -0.25) is 0 Å². The van der Waals surface area contributed by atoms with Gasteiger partial charge in [0.05, 0.1) is 12.5 Å². The predicted molar refractivity (Wildman–Crippen MR) is 118 cm³/mol. The summed E-state index contributed by atoms with van der Waals surface area (Å²) in [7, 11) is 0. The number of rotatable bonds is 4. The summed E-state index contributed by atoms with van der Waals surface area (Å²) in [5.41, 5.74) is 1.57. The number of amides is 1. The van der Waals surface area contributed by atoms with Crippen LogP contribution >= 0.6 is 0 Å². The third-order valence-electron chi connectivity index (χ3n) is 5.31. The van der Waals surface area contributed by atoms with Crippen molar-refractivity contribution < 1.29 is 13.9 Å². The zero-order valence-electron chi connectivity index (χ0n) is 19.3. The highest BCUT2D eigenvalue weighted by Crippen LogP contribution is 2.29. The molecule has 0 radical (unpaired) electrons. The first kappa shape index (κ1) is 22.0. The van der Waals surface area contributed by atoms with Crippen LogP contribution in [0.5, 0.6) is 0 Å². The zero-order chi connectivity index (χ0) is 22.9. The molecule has 0 saturated carbocycles. The maximum atomic E-state index is 12.4. The van der Waals surface area contributed by atoms with E-state index in [-0.39, 0.29) is 12.1 Å². The number of piperidine rings is 1. The standard InChI is InChI=1S/C23H30N6O3/c1-15-24-21(18-8-6-7-17(13-18)14-20-26-25-16(2)31-20)29(27-15)19-9-11-28(12-10-19)22(30)32-23(3,4)5/h6-8,13,19H,9-12,14H2,1-5H3. The van der Waals surface area contributed by atoms with Crippen molar-refractivity contribution in [1.29, 1.82) is 0 Å². The first-order chi connectivity index (χ1) is 15.2. The van der Waals surface area contributed by atoms with Gasteiger partial charge < -0.3 is 14.1 Å². The second-order valence-corrected chi connectivity index (χ2v) is 9.22. The minimum absolute atomic E-state index is 0.173. The molecule has 3 heterocycles. The van der Waals surface area contributed by atoms with Crippen LogP contribution in [0.3, 0.4) is 0 Å². The van der Waals surface area contributed by atoms with Gasteiger partial charge in [0.15, 0.2) is 5.82 Å². The van der Waals surface area contributed by atoms with Gasteiger partial charge in [0.2, 0.25) is 11.8 Å². The summed E-state index contributed by atoms with van der Waals surface area (Å²) in [6, 6.07) is 8.35. The molecule has 2 aromatic heterocycles. The van der Waals surface area contributed by atoms with Crippen LogP contribution in [-0.2, 0) is 11.2 Å². The van der Waals surface area contributed by atoms with Crippen LogP contribution in [0, 0.1) is 13.8 Å². The lowest BCUT2D eigenvalue weighted by atomic mass is 10.0. The highest BCUT2D eigenvalue weighted by atomic mass is 16.6. The van der Waals surface area contributed by atoms with Gasteiger partial charge in [-0.25, -0.2) is 14.5 Å². The molecule has 4 rings (SSSR count). The number of carbonyl (C=O) groups excluding carboxylic acids is 1. The minimum Gasteiger partial charge on any atom is -0.444 e. The first-order valence-corrected chi connectivity index (χ1v) is 11.0. The Kier molecular flexibility index (Phi) is 5.99. The smallest absolute Gasteiger partial charge is 0.410 e. The molecule has 170 valence electrons. The maximum Gasteiger partial charge on any atom is 0.410 e. The van der Waals surface area contributed by atoms with E-state index in [9.17, 15) is 4.79 Å². The quantitative estimate of drug-likeness (QED) is 0.604. The molecule has 1 aliphatic rings. The zero-order valence-corrected chi connectivity index (χ0v) is 19.3. The van der Waals surface area contributed by atoms with Crippen molar-refractivity contribution in [2.45, 2.75) is 65.5 Å². The van der Waals surface area contributed by atoms with Crippen LogP contribution in [-0.4, -0.2) is 54.6 Å². The van der Waals surface area contributed by atoms with E-state index >= 15 is 0 Å². The van der Waals surface area contributed by atoms with Gasteiger partial charge in [0.1, 0.15) is 11.4 Å². The molecule has 9 nitrogen and oxygen atoms in total. The Labute approximate surface area is 187 Å². The third-order valence-corrected chi connectivity index (χ3v) is 5.31. The fourth-order valence-corrected chi connectivity index (χ4v) is 3.90. The second kappa shape index (κ2) is 8.72. The molecule has 1 aliphatic heterocycles. The number of hydrogen-bond donors (Lipinski definition) is 0. The van der Waals surface area contributed by atoms with Gasteiger partial charge in [-0.05, 0) is 52.2 Å². The fourth-order valence-electron chi connectivity index (χ4n) is 3.90. The normalized spacial score (nSPS) is 15.2. The lowest BCUT2D eigenvalue weighted by Gasteiger charge is -2.33. The largest absolute Gasteiger partial charge is 0.444 e. The maximum absolute atomic E-state index is 12.4. The van der Waals surface area contributed by atoms with Gasteiger partial charge in [0.25, 0.3) is 0 Å². The Morgan fingerprint density at radius 3 is 2.59 bits per heavy atom. The number of benzene rings is 1. The Bertz CT molecular complexity index is 1090. The van der Waals surface area contributed by atoms with Crippen LogP contribution in [0.15, 0.2) is 28.7 Å². The SMILES string of the molecule is Cc1nc(-c2cccc(Cc3nnc(C)o3)c2)n(C2CCN(C(=O)OC(C)(C)C)CC2)n1. The summed E-state index contributed by atoms with van der Waals surface area (Å²) in [6.07, 6.45) is 1.91. The number of hydrogen-bond acceptors (Lipinski definition) is 7. The number of likely N-dealkylation sites (tertiary alicyclic amines) is 1. The molecule has 1 fully saturated rings. The van der Waals surface area contributed by atoms with Crippen molar-refractivity contribution in [3.63, 3.8) is 0 Å². The molecule has 0 unspecified atom stereocenters. The number of carbonyl (C=O) groups is 1. The number of aromatic nitrogens is 5. The van der Waals surface area contributed by atoms with Gasteiger partial charge in [0, 0.05) is 25.6 Å². The van der Waals surface area contributed by atoms with Crippen molar-refractivity contribution in [3.8, 4) is 11.4 Å². The lowest BCUT2D eigenvalue weighted by Crippen LogP contribution is -2.42. The molecule has 32 heavy (non-hydrogen) atoms. The number of nitrogens with zero attached hydrogens (tertiary/aromatic N) is 6. The highest BCUT2D eigenvalue weighted by molar-refractivity contribution is 5.68. The Morgan fingerprint density at radius 2 is 1.94 bits per heavy atom. The Hall–Kier alpha value is -3.23. The van der Waals surface area contributed by atoms with Gasteiger partial charge in [-0.2, -0.15) is 5.10 Å². The summed E-state index contributed by atoms with van der Waals surface area (Å²) >= 11 is 0. The molecular formula is C23H30N6O3. The fraction of sp³-hybridized carbons (Fsp3) is 0.522. The molecule has 0 spiro atoms. The summed E-state index contributed by atoms with van der Waals surface area (Å²) in [4.78, 5) is 18.9. The number of aryl methyl sites for hydroxylation is 2. The molecule has 1 amide bonds. The third kappa shape index (κ3) is 5.15. The molecule has 0 aliphatic carbocycles. The summed E-state index contributed by atoms with van der Waals surface area (Å²) in [5.74, 6) is 2.71. The molecule has 0 N–H and O–H groups in total. The van der Waals surface area contributed by atoms with Crippen LogP contribution in [0.2, 0.25) is 0 Å². The van der Waals surface area contributed by atoms with E-state index in [0.29, 0.717) is 31.3 Å². The summed E-state index contributed by atoms with van der Waals surface area (Å²) < 4.78 is 13.0. The molecule has 1 saturated heterocycles. The van der Waals surface area contributed by atoms with E-state index in [4.69, 9.17) is 14.1 Å². The van der Waals surface area contributed by atoms with Crippen LogP contribution in [0.4, 0.5) is 4.79 Å². The molecule has 1 aromatic carbocycles. The van der Waals surface area contributed by atoms with E-state index in [1.54, 1.807) is 11.8 Å². The van der Waals surface area contributed by atoms with E-state index in [1.165, 1.54) is 0 Å². The predicted octanol–water partition coefficient (Wildman–Crippen LogP) is 4.11. The van der Waals surface area contributed by atoms with E-state index in [0.717, 1.165) is 35.6 Å². The molecule has 0 bridgehead atoms. The number of ether oxygens (including phenoxy) is 1. The molecular weight excluding hydrogens is 408 g/mol. The summed E-state index contributed by atoms with van der Waals surface area (Å²) in [6.45, 7) is 10.6. The van der Waals surface area contributed by atoms with Crippen LogP contribution in [0.1, 0.15) is 62.8 Å². The van der Waals surface area contributed by atoms with Gasteiger partial charge >= 0.3 is 6.09 Å². The highest BCUT2D eigenvalue weighted by Gasteiger charge is 2.29. The van der Waals surface area contributed by atoms with Gasteiger partial charge in [-0.15, -0.1) is 10.2 Å². The van der Waals surface area contributed by atoms with E-state index in [1.807, 2.05) is 50.6 Å². The van der Waals surface area contributed by atoms with Crippen molar-refractivity contribution >= 4 is 6.09 Å². The van der Waals surface area contributed by atoms with E-state index < -0.39 is 5.60 Å². The molecule has 0 atom stereocenters. The monoisotopic (exact) mass is 438 g/mol. The first-order valence-electron chi connectivity index (χ1n) is 11.0.